The molecule has 0 unspecified atom stereocenters. The molecule has 0 saturated heterocycles. The molecule has 3 aromatic rings. The zero-order valence-electron chi connectivity index (χ0n) is 13.4. The Morgan fingerprint density at radius 3 is 2.42 bits per heavy atom. The molecule has 4 N–H and O–H groups in total. The Balaban J connectivity index is 1.86. The third-order valence-electron chi connectivity index (χ3n) is 3.58. The first-order valence-electron chi connectivity index (χ1n) is 7.48. The lowest BCUT2D eigenvalue weighted by Gasteiger charge is -2.11. The number of benzene rings is 2. The summed E-state index contributed by atoms with van der Waals surface area (Å²) in [5, 5.41) is 10.3. The highest BCUT2D eigenvalue weighted by molar-refractivity contribution is 6.32. The first-order chi connectivity index (χ1) is 12.5. The zero-order chi connectivity index (χ0) is 18.7. The predicted molar refractivity (Wildman–Crippen MR) is 102 cm³/mol. The maximum Gasteiger partial charge on any atom is 0.222 e. The third kappa shape index (κ3) is 3.80. The topological polar surface area (TPSA) is 111 Å². The molecule has 26 heavy (non-hydrogen) atoms. The Kier molecular flexibility index (Phi) is 5.12. The van der Waals surface area contributed by atoms with E-state index in [-0.39, 0.29) is 17.3 Å². The van der Waals surface area contributed by atoms with Crippen molar-refractivity contribution in [1.29, 1.82) is 5.26 Å². The molecule has 1 heterocycles. The smallest absolute Gasteiger partial charge is 0.222 e. The van der Waals surface area contributed by atoms with E-state index >= 15 is 0 Å². The molecule has 0 aliphatic heterocycles. The van der Waals surface area contributed by atoms with Crippen LogP contribution in [0.1, 0.15) is 11.1 Å². The summed E-state index contributed by atoms with van der Waals surface area (Å²) >= 11 is 12.2. The average Bonchev–Trinajstić information content (AvgIpc) is 2.61. The van der Waals surface area contributed by atoms with Gasteiger partial charge in [0.25, 0.3) is 0 Å². The van der Waals surface area contributed by atoms with Crippen molar-refractivity contribution in [2.45, 2.75) is 6.61 Å². The van der Waals surface area contributed by atoms with Gasteiger partial charge in [-0.25, -0.2) is 4.98 Å². The van der Waals surface area contributed by atoms with Crippen molar-refractivity contribution < 1.29 is 4.74 Å². The molecule has 0 aliphatic carbocycles. The highest BCUT2D eigenvalue weighted by Gasteiger charge is 2.15. The Morgan fingerprint density at radius 2 is 1.77 bits per heavy atom. The summed E-state index contributed by atoms with van der Waals surface area (Å²) < 4.78 is 5.74. The minimum Gasteiger partial charge on any atom is -0.487 e. The number of hydrogen-bond acceptors (Lipinski definition) is 6. The molecule has 130 valence electrons. The molecule has 1 aromatic heterocycles. The van der Waals surface area contributed by atoms with Crippen molar-refractivity contribution >= 4 is 35.0 Å². The number of anilines is 2. The van der Waals surface area contributed by atoms with Gasteiger partial charge in [-0.15, -0.1) is 0 Å². The van der Waals surface area contributed by atoms with Gasteiger partial charge in [0.2, 0.25) is 5.95 Å². The fraction of sp³-hybridized carbons (Fsp3) is 0.0556. The molecule has 2 aromatic carbocycles. The zero-order valence-corrected chi connectivity index (χ0v) is 14.9. The quantitative estimate of drug-likeness (QED) is 0.699. The molecule has 0 aliphatic rings. The van der Waals surface area contributed by atoms with Crippen LogP contribution in [0.25, 0.3) is 11.3 Å². The van der Waals surface area contributed by atoms with Crippen LogP contribution in [0.5, 0.6) is 5.75 Å². The first kappa shape index (κ1) is 17.8. The van der Waals surface area contributed by atoms with Gasteiger partial charge in [0, 0.05) is 10.6 Å². The Morgan fingerprint density at radius 1 is 1.04 bits per heavy atom. The molecule has 3 rings (SSSR count). The number of rotatable bonds is 4. The van der Waals surface area contributed by atoms with Gasteiger partial charge in [0.15, 0.2) is 0 Å². The molecule has 0 saturated carbocycles. The van der Waals surface area contributed by atoms with Crippen LogP contribution < -0.4 is 16.2 Å². The molecule has 8 heteroatoms. The van der Waals surface area contributed by atoms with Crippen molar-refractivity contribution in [3.63, 3.8) is 0 Å². The molecule has 0 spiro atoms. The largest absolute Gasteiger partial charge is 0.487 e. The molecule has 0 radical (unpaired) electrons. The van der Waals surface area contributed by atoms with Gasteiger partial charge in [-0.3, -0.25) is 0 Å². The maximum atomic E-state index is 9.29. The van der Waals surface area contributed by atoms with Crippen molar-refractivity contribution in [2.24, 2.45) is 0 Å². The molecule has 0 bridgehead atoms. The van der Waals surface area contributed by atoms with E-state index in [0.29, 0.717) is 33.7 Å². The van der Waals surface area contributed by atoms with Gasteiger partial charge < -0.3 is 16.2 Å². The summed E-state index contributed by atoms with van der Waals surface area (Å²) in [7, 11) is 0. The van der Waals surface area contributed by atoms with Gasteiger partial charge in [-0.1, -0.05) is 35.3 Å². The third-order valence-corrected chi connectivity index (χ3v) is 4.13. The Hall–Kier alpha value is -3.01. The summed E-state index contributed by atoms with van der Waals surface area (Å²) in [4.78, 5) is 7.89. The number of nitriles is 1. The molecular weight excluding hydrogens is 373 g/mol. The van der Waals surface area contributed by atoms with Crippen LogP contribution in [0.2, 0.25) is 10.0 Å². The van der Waals surface area contributed by atoms with Gasteiger partial charge in [0.05, 0.1) is 10.7 Å². The number of nitrogens with zero attached hydrogens (tertiary/aromatic N) is 3. The van der Waals surface area contributed by atoms with Crippen LogP contribution in [0.15, 0.2) is 42.5 Å². The average molecular weight is 386 g/mol. The molecule has 0 fully saturated rings. The number of hydrogen-bond donors (Lipinski definition) is 2. The van der Waals surface area contributed by atoms with Crippen LogP contribution in [-0.4, -0.2) is 9.97 Å². The SMILES string of the molecule is N#Cc1c(N)nc(N)nc1-c1ccc(OCc2ccc(Cl)cc2)c(Cl)c1. The maximum absolute atomic E-state index is 9.29. The molecule has 0 amide bonds. The van der Waals surface area contributed by atoms with Crippen molar-refractivity contribution in [2.75, 3.05) is 11.5 Å². The van der Waals surface area contributed by atoms with Crippen LogP contribution in [0.4, 0.5) is 11.8 Å². The van der Waals surface area contributed by atoms with E-state index in [0.717, 1.165) is 5.56 Å². The lowest BCUT2D eigenvalue weighted by Crippen LogP contribution is -2.05. The van der Waals surface area contributed by atoms with Crippen LogP contribution in [-0.2, 0) is 6.61 Å². The van der Waals surface area contributed by atoms with Crippen molar-refractivity contribution in [3.05, 3.63) is 63.6 Å². The van der Waals surface area contributed by atoms with Crippen molar-refractivity contribution in [3.8, 4) is 23.1 Å². The van der Waals surface area contributed by atoms with E-state index in [4.69, 9.17) is 39.4 Å². The van der Waals surface area contributed by atoms with Crippen molar-refractivity contribution in [1.82, 2.24) is 9.97 Å². The van der Waals surface area contributed by atoms with E-state index in [2.05, 4.69) is 9.97 Å². The van der Waals surface area contributed by atoms with E-state index in [1.165, 1.54) is 0 Å². The fourth-order valence-corrected chi connectivity index (χ4v) is 2.68. The van der Waals surface area contributed by atoms with E-state index in [1.807, 2.05) is 18.2 Å². The highest BCUT2D eigenvalue weighted by Crippen LogP contribution is 2.32. The monoisotopic (exact) mass is 385 g/mol. The lowest BCUT2D eigenvalue weighted by molar-refractivity contribution is 0.306. The summed E-state index contributed by atoms with van der Waals surface area (Å²) in [6, 6.07) is 14.4. The Labute approximate surface area is 160 Å². The van der Waals surface area contributed by atoms with Crippen LogP contribution >= 0.6 is 23.2 Å². The molecular formula is C18H13Cl2N5O. The second kappa shape index (κ2) is 7.48. The minimum absolute atomic E-state index is 0.0179. The summed E-state index contributed by atoms with van der Waals surface area (Å²) in [5.74, 6) is 0.503. The number of aromatic nitrogens is 2. The lowest BCUT2D eigenvalue weighted by atomic mass is 10.1. The van der Waals surface area contributed by atoms with E-state index in [9.17, 15) is 5.26 Å². The van der Waals surface area contributed by atoms with Gasteiger partial charge in [-0.05, 0) is 35.9 Å². The van der Waals surface area contributed by atoms with Gasteiger partial charge >= 0.3 is 0 Å². The van der Waals surface area contributed by atoms with Gasteiger partial charge in [-0.2, -0.15) is 10.2 Å². The number of nitrogens with two attached hydrogens (primary N) is 2. The molecule has 0 atom stereocenters. The minimum atomic E-state index is -0.0179. The van der Waals surface area contributed by atoms with E-state index in [1.54, 1.807) is 30.3 Å². The van der Waals surface area contributed by atoms with Gasteiger partial charge in [0.1, 0.15) is 29.8 Å². The predicted octanol–water partition coefficient (Wildman–Crippen LogP) is 4.07. The standard InChI is InChI=1S/C18H13Cl2N5O/c19-12-4-1-10(2-5-12)9-26-15-6-3-11(7-14(15)20)16-13(8-21)17(22)25-18(23)24-16/h1-7H,9H2,(H4,22,23,24,25). The van der Waals surface area contributed by atoms with Crippen LogP contribution in [0, 0.1) is 11.3 Å². The highest BCUT2D eigenvalue weighted by atomic mass is 35.5. The summed E-state index contributed by atoms with van der Waals surface area (Å²) in [6.07, 6.45) is 0. The second-order valence-electron chi connectivity index (χ2n) is 5.36. The summed E-state index contributed by atoms with van der Waals surface area (Å²) in [5.41, 5.74) is 13.4. The first-order valence-corrected chi connectivity index (χ1v) is 8.24. The number of nitrogen functional groups attached to an aromatic ring is 2. The molecule has 6 nitrogen and oxygen atoms in total. The van der Waals surface area contributed by atoms with Crippen LogP contribution in [0.3, 0.4) is 0 Å². The Bertz CT molecular complexity index is 1000. The fourth-order valence-electron chi connectivity index (χ4n) is 2.32. The number of ether oxygens (including phenoxy) is 1. The summed E-state index contributed by atoms with van der Waals surface area (Å²) in [6.45, 7) is 0.340. The van der Waals surface area contributed by atoms with E-state index < -0.39 is 0 Å². The normalized spacial score (nSPS) is 10.3. The second-order valence-corrected chi connectivity index (χ2v) is 6.21. The number of halogens is 2.